The summed E-state index contributed by atoms with van der Waals surface area (Å²) in [6, 6.07) is 7.12. The third-order valence-corrected chi connectivity index (χ3v) is 3.81. The van der Waals surface area contributed by atoms with Crippen molar-refractivity contribution in [2.45, 2.75) is 13.8 Å². The highest BCUT2D eigenvalue weighted by atomic mass is 16.5. The number of anilines is 1. The normalized spacial score (nSPS) is 10.2. The van der Waals surface area contributed by atoms with Crippen molar-refractivity contribution in [1.82, 2.24) is 0 Å². The Kier molecular flexibility index (Phi) is 5.75. The van der Waals surface area contributed by atoms with Gasteiger partial charge in [0.05, 0.1) is 34.0 Å². The van der Waals surface area contributed by atoms with Gasteiger partial charge in [-0.25, -0.2) is 0 Å². The van der Waals surface area contributed by atoms with Crippen LogP contribution in [0.5, 0.6) is 23.0 Å². The number of ether oxygens (including phenoxy) is 4. The Labute approximate surface area is 147 Å². The van der Waals surface area contributed by atoms with Crippen LogP contribution in [0.15, 0.2) is 24.3 Å². The van der Waals surface area contributed by atoms with Crippen LogP contribution in [0.3, 0.4) is 0 Å². The molecule has 0 aromatic heterocycles. The zero-order chi connectivity index (χ0) is 18.6. The van der Waals surface area contributed by atoms with E-state index in [1.807, 2.05) is 26.0 Å². The lowest BCUT2D eigenvalue weighted by atomic mass is 10.0. The maximum atomic E-state index is 12.8. The number of hydrogen-bond acceptors (Lipinski definition) is 5. The predicted molar refractivity (Wildman–Crippen MR) is 96.5 cm³/mol. The molecule has 0 aliphatic rings. The molecule has 2 rings (SSSR count). The van der Waals surface area contributed by atoms with Crippen LogP contribution in [0, 0.1) is 13.8 Å². The highest BCUT2D eigenvalue weighted by Crippen LogP contribution is 2.40. The summed E-state index contributed by atoms with van der Waals surface area (Å²) in [5.74, 6) is 1.65. The molecular weight excluding hydrogens is 322 g/mol. The van der Waals surface area contributed by atoms with Crippen LogP contribution in [-0.4, -0.2) is 34.3 Å². The molecule has 0 bridgehead atoms. The molecule has 1 amide bonds. The Bertz CT molecular complexity index is 761. The molecule has 0 atom stereocenters. The van der Waals surface area contributed by atoms with E-state index in [0.717, 1.165) is 11.1 Å². The Hall–Kier alpha value is -2.89. The Morgan fingerprint density at radius 1 is 0.800 bits per heavy atom. The molecule has 0 saturated heterocycles. The van der Waals surface area contributed by atoms with Gasteiger partial charge in [0.25, 0.3) is 5.91 Å². The fourth-order valence-electron chi connectivity index (χ4n) is 2.73. The number of benzene rings is 2. The molecular formula is C19H23NO5. The summed E-state index contributed by atoms with van der Waals surface area (Å²) in [5.41, 5.74) is 2.88. The van der Waals surface area contributed by atoms with Crippen LogP contribution in [0.1, 0.15) is 21.5 Å². The maximum absolute atomic E-state index is 12.8. The number of hydrogen-bond donors (Lipinski definition) is 1. The monoisotopic (exact) mass is 345 g/mol. The summed E-state index contributed by atoms with van der Waals surface area (Å²) in [5, 5.41) is 2.86. The highest BCUT2D eigenvalue weighted by molar-refractivity contribution is 6.07. The first-order chi connectivity index (χ1) is 11.9. The van der Waals surface area contributed by atoms with Gasteiger partial charge in [0, 0.05) is 17.8 Å². The molecule has 1 N–H and O–H groups in total. The lowest BCUT2D eigenvalue weighted by molar-refractivity contribution is 0.102. The summed E-state index contributed by atoms with van der Waals surface area (Å²) in [6.45, 7) is 3.83. The van der Waals surface area contributed by atoms with Crippen LogP contribution in [0.4, 0.5) is 5.69 Å². The minimum Gasteiger partial charge on any atom is -0.496 e. The fourth-order valence-corrected chi connectivity index (χ4v) is 2.73. The Balaban J connectivity index is 2.42. The van der Waals surface area contributed by atoms with Crippen molar-refractivity contribution in [3.63, 3.8) is 0 Å². The third kappa shape index (κ3) is 3.79. The molecule has 2 aromatic rings. The van der Waals surface area contributed by atoms with Crippen molar-refractivity contribution in [3.05, 3.63) is 41.0 Å². The van der Waals surface area contributed by atoms with Crippen molar-refractivity contribution in [2.24, 2.45) is 0 Å². The van der Waals surface area contributed by atoms with E-state index >= 15 is 0 Å². The van der Waals surface area contributed by atoms with Gasteiger partial charge in [0.1, 0.15) is 5.75 Å². The first kappa shape index (κ1) is 18.4. The molecule has 6 nitrogen and oxygen atoms in total. The fraction of sp³-hybridized carbons (Fsp3) is 0.316. The molecule has 0 aliphatic carbocycles. The Morgan fingerprint density at radius 2 is 1.36 bits per heavy atom. The minimum absolute atomic E-state index is 0.274. The van der Waals surface area contributed by atoms with E-state index in [1.165, 1.54) is 21.3 Å². The largest absolute Gasteiger partial charge is 0.496 e. The van der Waals surface area contributed by atoms with Crippen molar-refractivity contribution in [3.8, 4) is 23.0 Å². The lowest BCUT2D eigenvalue weighted by Crippen LogP contribution is -2.15. The third-order valence-electron chi connectivity index (χ3n) is 3.81. The zero-order valence-corrected chi connectivity index (χ0v) is 15.4. The van der Waals surface area contributed by atoms with Crippen molar-refractivity contribution < 1.29 is 23.7 Å². The SMILES string of the molecule is COc1cc(NC(=O)c2c(C)cc(C)cc2OC)cc(OC)c1OC. The van der Waals surface area contributed by atoms with E-state index < -0.39 is 0 Å². The summed E-state index contributed by atoms with van der Waals surface area (Å²) in [7, 11) is 6.12. The second-order valence-electron chi connectivity index (χ2n) is 5.53. The average molecular weight is 345 g/mol. The lowest BCUT2D eigenvalue weighted by Gasteiger charge is -2.16. The van der Waals surface area contributed by atoms with E-state index in [9.17, 15) is 4.79 Å². The van der Waals surface area contributed by atoms with Gasteiger partial charge in [-0.3, -0.25) is 4.79 Å². The molecule has 0 unspecified atom stereocenters. The van der Waals surface area contributed by atoms with Gasteiger partial charge >= 0.3 is 0 Å². The molecule has 0 spiro atoms. The standard InChI is InChI=1S/C19H23NO5/c1-11-7-12(2)17(14(8-11)22-3)19(21)20-13-9-15(23-4)18(25-6)16(10-13)24-5/h7-10H,1-6H3,(H,20,21). The molecule has 134 valence electrons. The van der Waals surface area contributed by atoms with Crippen LogP contribution in [0.2, 0.25) is 0 Å². The summed E-state index contributed by atoms with van der Waals surface area (Å²) >= 11 is 0. The zero-order valence-electron chi connectivity index (χ0n) is 15.4. The first-order valence-corrected chi connectivity index (χ1v) is 7.71. The maximum Gasteiger partial charge on any atom is 0.259 e. The van der Waals surface area contributed by atoms with Crippen molar-refractivity contribution >= 4 is 11.6 Å². The number of rotatable bonds is 6. The quantitative estimate of drug-likeness (QED) is 0.867. The molecule has 0 fully saturated rings. The van der Waals surface area contributed by atoms with Gasteiger partial charge in [-0.2, -0.15) is 0 Å². The summed E-state index contributed by atoms with van der Waals surface area (Å²) < 4.78 is 21.3. The number of nitrogens with one attached hydrogen (secondary N) is 1. The number of carbonyl (C=O) groups excluding carboxylic acids is 1. The second kappa shape index (κ2) is 7.79. The van der Waals surface area contributed by atoms with Crippen molar-refractivity contribution in [1.29, 1.82) is 0 Å². The molecule has 2 aromatic carbocycles. The van der Waals surface area contributed by atoms with E-state index in [-0.39, 0.29) is 5.91 Å². The van der Waals surface area contributed by atoms with Gasteiger partial charge in [-0.15, -0.1) is 0 Å². The molecule has 0 saturated carbocycles. The number of aryl methyl sites for hydroxylation is 2. The van der Waals surface area contributed by atoms with Gasteiger partial charge in [-0.05, 0) is 31.0 Å². The number of methoxy groups -OCH3 is 4. The summed E-state index contributed by atoms with van der Waals surface area (Å²) in [6.07, 6.45) is 0. The van der Waals surface area contributed by atoms with Gasteiger partial charge in [0.2, 0.25) is 5.75 Å². The van der Waals surface area contributed by atoms with E-state index in [4.69, 9.17) is 18.9 Å². The van der Waals surface area contributed by atoms with Crippen LogP contribution in [-0.2, 0) is 0 Å². The molecule has 0 radical (unpaired) electrons. The van der Waals surface area contributed by atoms with Gasteiger partial charge in [-0.1, -0.05) is 6.07 Å². The van der Waals surface area contributed by atoms with Crippen LogP contribution in [0.25, 0.3) is 0 Å². The van der Waals surface area contributed by atoms with E-state index in [0.29, 0.717) is 34.2 Å². The molecule has 0 heterocycles. The number of amides is 1. The molecule has 25 heavy (non-hydrogen) atoms. The molecule has 6 heteroatoms. The predicted octanol–water partition coefficient (Wildman–Crippen LogP) is 3.59. The van der Waals surface area contributed by atoms with Crippen LogP contribution >= 0.6 is 0 Å². The Morgan fingerprint density at radius 3 is 1.84 bits per heavy atom. The van der Waals surface area contributed by atoms with E-state index in [2.05, 4.69) is 5.32 Å². The smallest absolute Gasteiger partial charge is 0.259 e. The topological polar surface area (TPSA) is 66.0 Å². The van der Waals surface area contributed by atoms with Crippen molar-refractivity contribution in [2.75, 3.05) is 33.8 Å². The molecule has 0 aliphatic heterocycles. The second-order valence-corrected chi connectivity index (χ2v) is 5.53. The first-order valence-electron chi connectivity index (χ1n) is 7.71. The van der Waals surface area contributed by atoms with Crippen LogP contribution < -0.4 is 24.3 Å². The number of carbonyl (C=O) groups is 1. The summed E-state index contributed by atoms with van der Waals surface area (Å²) in [4.78, 5) is 12.8. The van der Waals surface area contributed by atoms with E-state index in [1.54, 1.807) is 19.2 Å². The van der Waals surface area contributed by atoms with Gasteiger partial charge < -0.3 is 24.3 Å². The minimum atomic E-state index is -0.274. The van der Waals surface area contributed by atoms with Gasteiger partial charge in [0.15, 0.2) is 11.5 Å². The highest BCUT2D eigenvalue weighted by Gasteiger charge is 2.19. The average Bonchev–Trinajstić information content (AvgIpc) is 2.59.